The van der Waals surface area contributed by atoms with Crippen LogP contribution in [0.4, 0.5) is 10.5 Å². The fraction of sp³-hybridized carbons (Fsp3) is 0.533. The third-order valence-corrected chi connectivity index (χ3v) is 3.71. The van der Waals surface area contributed by atoms with Crippen molar-refractivity contribution in [3.05, 3.63) is 29.8 Å². The van der Waals surface area contributed by atoms with Gasteiger partial charge in [-0.2, -0.15) is 0 Å². The third-order valence-electron chi connectivity index (χ3n) is 3.71. The van der Waals surface area contributed by atoms with Gasteiger partial charge in [-0.3, -0.25) is 4.90 Å². The zero-order chi connectivity index (χ0) is 13.8. The monoisotopic (exact) mass is 262 g/mol. The van der Waals surface area contributed by atoms with Gasteiger partial charge in [0.2, 0.25) is 0 Å². The van der Waals surface area contributed by atoms with Crippen LogP contribution in [-0.2, 0) is 0 Å². The number of aliphatic hydroxyl groups is 1. The predicted octanol–water partition coefficient (Wildman–Crippen LogP) is 2.78. The molecule has 1 unspecified atom stereocenters. The molecule has 1 aliphatic heterocycles. The zero-order valence-electron chi connectivity index (χ0n) is 11.7. The molecule has 19 heavy (non-hydrogen) atoms. The number of carbonyl (C=O) groups excluding carboxylic acids is 1. The molecule has 0 bridgehead atoms. The lowest BCUT2D eigenvalue weighted by Gasteiger charge is -2.29. The Morgan fingerprint density at radius 2 is 2.05 bits per heavy atom. The lowest BCUT2D eigenvalue weighted by molar-refractivity contribution is 0.168. The van der Waals surface area contributed by atoms with Gasteiger partial charge < -0.3 is 10.0 Å². The summed E-state index contributed by atoms with van der Waals surface area (Å²) in [5, 5.41) is 10.1. The van der Waals surface area contributed by atoms with Gasteiger partial charge in [-0.15, -0.1) is 0 Å². The average molecular weight is 262 g/mol. The van der Waals surface area contributed by atoms with E-state index in [1.807, 2.05) is 43.0 Å². The number of fused-ring (bicyclic) bond motifs is 1. The van der Waals surface area contributed by atoms with Crippen molar-refractivity contribution in [2.45, 2.75) is 32.8 Å². The summed E-state index contributed by atoms with van der Waals surface area (Å²) < 4.78 is 0. The Morgan fingerprint density at radius 3 is 2.74 bits per heavy atom. The molecule has 0 fully saturated rings. The van der Waals surface area contributed by atoms with E-state index in [1.54, 1.807) is 4.90 Å². The van der Waals surface area contributed by atoms with Crippen LogP contribution in [0.25, 0.3) is 0 Å². The molecular weight excluding hydrogens is 240 g/mol. The first-order valence-corrected chi connectivity index (χ1v) is 7.02. The van der Waals surface area contributed by atoms with Crippen LogP contribution in [0.1, 0.15) is 38.4 Å². The van der Waals surface area contributed by atoms with Crippen molar-refractivity contribution in [3.63, 3.8) is 0 Å². The van der Waals surface area contributed by atoms with Gasteiger partial charge in [0.1, 0.15) is 0 Å². The van der Waals surface area contributed by atoms with Gasteiger partial charge in [0.25, 0.3) is 0 Å². The van der Waals surface area contributed by atoms with Crippen LogP contribution in [0.2, 0.25) is 0 Å². The molecule has 0 saturated carbocycles. The van der Waals surface area contributed by atoms with Gasteiger partial charge in [-0.05, 0) is 32.8 Å². The SMILES string of the molecule is CCN(CC)C(=O)N1CCCC(O)c2ccccc21. The predicted molar refractivity (Wildman–Crippen MR) is 76.3 cm³/mol. The first-order chi connectivity index (χ1) is 9.19. The van der Waals surface area contributed by atoms with Crippen molar-refractivity contribution in [2.75, 3.05) is 24.5 Å². The van der Waals surface area contributed by atoms with E-state index in [0.29, 0.717) is 26.1 Å². The first kappa shape index (κ1) is 13.9. The van der Waals surface area contributed by atoms with Crippen molar-refractivity contribution in [1.82, 2.24) is 4.90 Å². The Hall–Kier alpha value is -1.55. The van der Waals surface area contributed by atoms with Crippen LogP contribution in [0.15, 0.2) is 24.3 Å². The number of aliphatic hydroxyl groups excluding tert-OH is 1. The van der Waals surface area contributed by atoms with E-state index < -0.39 is 6.10 Å². The smallest absolute Gasteiger partial charge is 0.324 e. The minimum absolute atomic E-state index is 0.0338. The fourth-order valence-corrected chi connectivity index (χ4v) is 2.60. The number of rotatable bonds is 2. The van der Waals surface area contributed by atoms with E-state index in [2.05, 4.69) is 0 Å². The van der Waals surface area contributed by atoms with Crippen molar-refractivity contribution < 1.29 is 9.90 Å². The lowest BCUT2D eigenvalue weighted by Crippen LogP contribution is -2.43. The van der Waals surface area contributed by atoms with E-state index >= 15 is 0 Å². The van der Waals surface area contributed by atoms with Crippen LogP contribution in [0.5, 0.6) is 0 Å². The lowest BCUT2D eigenvalue weighted by atomic mass is 10.0. The van der Waals surface area contributed by atoms with Crippen molar-refractivity contribution in [2.24, 2.45) is 0 Å². The van der Waals surface area contributed by atoms with E-state index in [-0.39, 0.29) is 6.03 Å². The Morgan fingerprint density at radius 1 is 1.37 bits per heavy atom. The normalized spacial score (nSPS) is 18.7. The molecule has 1 atom stereocenters. The highest BCUT2D eigenvalue weighted by molar-refractivity contribution is 5.93. The van der Waals surface area contributed by atoms with Crippen molar-refractivity contribution in [1.29, 1.82) is 0 Å². The van der Waals surface area contributed by atoms with Crippen LogP contribution in [0.3, 0.4) is 0 Å². The largest absolute Gasteiger partial charge is 0.388 e. The maximum absolute atomic E-state index is 12.6. The zero-order valence-corrected chi connectivity index (χ0v) is 11.7. The Kier molecular flexibility index (Phi) is 4.43. The summed E-state index contributed by atoms with van der Waals surface area (Å²) in [6.45, 7) is 6.05. The maximum Gasteiger partial charge on any atom is 0.324 e. The van der Waals surface area contributed by atoms with Gasteiger partial charge in [0.15, 0.2) is 0 Å². The van der Waals surface area contributed by atoms with Crippen LogP contribution < -0.4 is 4.90 Å². The molecule has 0 aromatic heterocycles. The number of benzene rings is 1. The molecule has 0 aliphatic carbocycles. The Bertz CT molecular complexity index is 444. The molecule has 2 rings (SSSR count). The second-order valence-electron chi connectivity index (χ2n) is 4.82. The van der Waals surface area contributed by atoms with E-state index in [9.17, 15) is 9.90 Å². The number of hydrogen-bond acceptors (Lipinski definition) is 2. The van der Waals surface area contributed by atoms with Crippen LogP contribution >= 0.6 is 0 Å². The number of hydrogen-bond donors (Lipinski definition) is 1. The Labute approximate surface area is 114 Å². The highest BCUT2D eigenvalue weighted by Gasteiger charge is 2.27. The minimum Gasteiger partial charge on any atom is -0.388 e. The summed E-state index contributed by atoms with van der Waals surface area (Å²) in [7, 11) is 0. The molecule has 1 aromatic rings. The van der Waals surface area contributed by atoms with Crippen molar-refractivity contribution >= 4 is 11.7 Å². The minimum atomic E-state index is -0.467. The number of amides is 2. The third kappa shape index (κ3) is 2.73. The highest BCUT2D eigenvalue weighted by Crippen LogP contribution is 2.33. The maximum atomic E-state index is 12.6. The molecule has 104 valence electrons. The molecule has 0 saturated heterocycles. The van der Waals surface area contributed by atoms with E-state index in [1.165, 1.54) is 0 Å². The Balaban J connectivity index is 2.35. The van der Waals surface area contributed by atoms with E-state index in [0.717, 1.165) is 17.7 Å². The van der Waals surface area contributed by atoms with Crippen LogP contribution in [-0.4, -0.2) is 35.7 Å². The second kappa shape index (κ2) is 6.06. The molecule has 2 amide bonds. The van der Waals surface area contributed by atoms with E-state index in [4.69, 9.17) is 0 Å². The molecule has 0 spiro atoms. The topological polar surface area (TPSA) is 43.8 Å². The molecule has 0 radical (unpaired) electrons. The molecule has 1 heterocycles. The quantitative estimate of drug-likeness (QED) is 0.890. The molecule has 1 N–H and O–H groups in total. The number of nitrogens with zero attached hydrogens (tertiary/aromatic N) is 2. The van der Waals surface area contributed by atoms with Gasteiger partial charge in [0, 0.05) is 25.2 Å². The summed E-state index contributed by atoms with van der Waals surface area (Å²) in [6.07, 6.45) is 1.06. The highest BCUT2D eigenvalue weighted by atomic mass is 16.3. The number of para-hydroxylation sites is 1. The summed E-state index contributed by atoms with van der Waals surface area (Å²) in [5.74, 6) is 0. The van der Waals surface area contributed by atoms with Gasteiger partial charge in [-0.25, -0.2) is 4.79 Å². The molecule has 1 aromatic carbocycles. The molecule has 4 nitrogen and oxygen atoms in total. The van der Waals surface area contributed by atoms with Gasteiger partial charge >= 0.3 is 6.03 Å². The van der Waals surface area contributed by atoms with Gasteiger partial charge in [-0.1, -0.05) is 18.2 Å². The first-order valence-electron chi connectivity index (χ1n) is 7.02. The number of carbonyl (C=O) groups is 1. The summed E-state index contributed by atoms with van der Waals surface area (Å²) in [6, 6.07) is 7.69. The molecular formula is C15H22N2O2. The summed E-state index contributed by atoms with van der Waals surface area (Å²) >= 11 is 0. The van der Waals surface area contributed by atoms with Crippen LogP contribution in [0, 0.1) is 0 Å². The molecule has 4 heteroatoms. The van der Waals surface area contributed by atoms with Crippen molar-refractivity contribution in [3.8, 4) is 0 Å². The second-order valence-corrected chi connectivity index (χ2v) is 4.82. The average Bonchev–Trinajstić information content (AvgIpc) is 2.60. The number of urea groups is 1. The summed E-state index contributed by atoms with van der Waals surface area (Å²) in [4.78, 5) is 16.2. The summed E-state index contributed by atoms with van der Waals surface area (Å²) in [5.41, 5.74) is 1.71. The van der Waals surface area contributed by atoms with Gasteiger partial charge in [0.05, 0.1) is 11.8 Å². The molecule has 1 aliphatic rings. The standard InChI is InChI=1S/C15H22N2O2/c1-3-16(4-2)15(19)17-11-7-10-14(18)12-8-5-6-9-13(12)17/h5-6,8-9,14,18H,3-4,7,10-11H2,1-2H3. The fourth-order valence-electron chi connectivity index (χ4n) is 2.60. The number of anilines is 1.